The lowest BCUT2D eigenvalue weighted by molar-refractivity contribution is -0.127. The van der Waals surface area contributed by atoms with E-state index < -0.39 is 6.04 Å². The van der Waals surface area contributed by atoms with Crippen LogP contribution in [0.1, 0.15) is 12.5 Å². The zero-order valence-corrected chi connectivity index (χ0v) is 9.70. The molecule has 0 aliphatic carbocycles. The molecule has 17 heavy (non-hydrogen) atoms. The van der Waals surface area contributed by atoms with Gasteiger partial charge in [0.1, 0.15) is 6.04 Å². The first-order valence-corrected chi connectivity index (χ1v) is 5.13. The summed E-state index contributed by atoms with van der Waals surface area (Å²) in [5.41, 5.74) is 0.685. The van der Waals surface area contributed by atoms with E-state index in [9.17, 15) is 9.59 Å². The zero-order chi connectivity index (χ0) is 12.8. The van der Waals surface area contributed by atoms with Crippen LogP contribution in [0.25, 0.3) is 0 Å². The molecule has 90 valence electrons. The monoisotopic (exact) mass is 234 g/mol. The van der Waals surface area contributed by atoms with Crippen molar-refractivity contribution < 1.29 is 14.7 Å². The van der Waals surface area contributed by atoms with Crippen molar-refractivity contribution >= 4 is 11.8 Å². The first-order chi connectivity index (χ1) is 8.02. The summed E-state index contributed by atoms with van der Waals surface area (Å²) >= 11 is 0. The van der Waals surface area contributed by atoms with Crippen LogP contribution in [0.15, 0.2) is 12.1 Å². The van der Waals surface area contributed by atoms with Gasteiger partial charge in [-0.3, -0.25) is 9.59 Å². The summed E-state index contributed by atoms with van der Waals surface area (Å²) in [7, 11) is 1.50. The summed E-state index contributed by atoms with van der Waals surface area (Å²) in [6.45, 7) is 1.35. The van der Waals surface area contributed by atoms with Gasteiger partial charge >= 0.3 is 0 Å². The standard InChI is InChI=1S/C12H14N2O3/c1-8(15)14-11(12(17)13-2)7-9-3-5-10(16)6-4-9/h3,5,11,16H,7H2,1-2H3,(H,13,17)(H,14,15)/t11-/m0/s1. The van der Waals surface area contributed by atoms with Gasteiger partial charge < -0.3 is 15.7 Å². The Balaban J connectivity index is 2.75. The van der Waals surface area contributed by atoms with E-state index in [1.54, 1.807) is 6.07 Å². The lowest BCUT2D eigenvalue weighted by atomic mass is 10.1. The van der Waals surface area contributed by atoms with E-state index in [-0.39, 0.29) is 17.6 Å². The quantitative estimate of drug-likeness (QED) is 0.674. The van der Waals surface area contributed by atoms with Gasteiger partial charge in [0, 0.05) is 26.0 Å². The number of hydrogen-bond donors (Lipinski definition) is 3. The van der Waals surface area contributed by atoms with Crippen molar-refractivity contribution in [2.75, 3.05) is 7.05 Å². The molecular weight excluding hydrogens is 220 g/mol. The van der Waals surface area contributed by atoms with Crippen LogP contribution in [-0.2, 0) is 16.0 Å². The number of carbonyl (C=O) groups excluding carboxylic acids is 2. The maximum absolute atomic E-state index is 11.5. The van der Waals surface area contributed by atoms with Gasteiger partial charge in [0.15, 0.2) is 5.75 Å². The molecule has 0 aliphatic heterocycles. The third kappa shape index (κ3) is 4.03. The highest BCUT2D eigenvalue weighted by molar-refractivity contribution is 5.86. The average molecular weight is 234 g/mol. The number of carbonyl (C=O) groups is 2. The second-order valence-electron chi connectivity index (χ2n) is 3.57. The maximum atomic E-state index is 11.5. The molecule has 0 saturated heterocycles. The van der Waals surface area contributed by atoms with Crippen molar-refractivity contribution in [2.45, 2.75) is 19.4 Å². The number of hydrogen-bond acceptors (Lipinski definition) is 3. The molecule has 0 saturated carbocycles. The second kappa shape index (κ2) is 5.75. The molecule has 1 aromatic carbocycles. The Bertz CT molecular complexity index is 401. The highest BCUT2D eigenvalue weighted by atomic mass is 16.3. The minimum atomic E-state index is -0.647. The molecule has 1 rings (SSSR count). The SMILES string of the molecule is CNC(=O)[C@H](Cc1c#cc(O)cc1)NC(C)=O. The molecule has 0 fully saturated rings. The Morgan fingerprint density at radius 2 is 2.12 bits per heavy atom. The van der Waals surface area contributed by atoms with Gasteiger partial charge in [-0.15, -0.1) is 0 Å². The van der Waals surface area contributed by atoms with Gasteiger partial charge in [-0.05, 0) is 18.2 Å². The van der Waals surface area contributed by atoms with Gasteiger partial charge in [-0.25, -0.2) is 0 Å². The van der Waals surface area contributed by atoms with E-state index >= 15 is 0 Å². The van der Waals surface area contributed by atoms with Crippen LogP contribution in [0, 0.1) is 12.1 Å². The number of likely N-dealkylation sites (N-methyl/N-ethyl adjacent to an activating group) is 1. The Kier molecular flexibility index (Phi) is 4.35. The molecule has 0 bridgehead atoms. The van der Waals surface area contributed by atoms with Crippen LogP contribution in [0.4, 0.5) is 0 Å². The molecule has 1 aromatic rings. The number of nitrogens with one attached hydrogen (secondary N) is 2. The summed E-state index contributed by atoms with van der Waals surface area (Å²) < 4.78 is 0. The third-order valence-corrected chi connectivity index (χ3v) is 2.16. The Labute approximate surface area is 99.8 Å². The summed E-state index contributed by atoms with van der Waals surface area (Å²) in [6, 6.07) is 7.66. The number of amides is 2. The van der Waals surface area contributed by atoms with E-state index in [0.29, 0.717) is 12.0 Å². The predicted octanol–water partition coefficient (Wildman–Crippen LogP) is -0.214. The lowest BCUT2D eigenvalue weighted by Gasteiger charge is -2.15. The fourth-order valence-corrected chi connectivity index (χ4v) is 1.38. The Morgan fingerprint density at radius 1 is 1.41 bits per heavy atom. The van der Waals surface area contributed by atoms with Crippen molar-refractivity contribution in [2.24, 2.45) is 0 Å². The van der Waals surface area contributed by atoms with Gasteiger partial charge in [0.2, 0.25) is 11.8 Å². The fraction of sp³-hybridized carbons (Fsp3) is 0.333. The molecule has 0 radical (unpaired) electrons. The molecule has 3 N–H and O–H groups in total. The molecule has 0 heterocycles. The molecule has 0 unspecified atom stereocenters. The van der Waals surface area contributed by atoms with E-state index in [4.69, 9.17) is 5.11 Å². The van der Waals surface area contributed by atoms with Crippen LogP contribution >= 0.6 is 0 Å². The van der Waals surface area contributed by atoms with Crippen molar-refractivity contribution in [1.29, 1.82) is 0 Å². The normalized spacial score (nSPS) is 11.2. The molecule has 5 heteroatoms. The van der Waals surface area contributed by atoms with E-state index in [2.05, 4.69) is 22.8 Å². The third-order valence-electron chi connectivity index (χ3n) is 2.16. The van der Waals surface area contributed by atoms with Gasteiger partial charge in [-0.2, -0.15) is 0 Å². The summed E-state index contributed by atoms with van der Waals surface area (Å²) in [5.74, 6) is -0.562. The van der Waals surface area contributed by atoms with E-state index in [0.717, 1.165) is 0 Å². The van der Waals surface area contributed by atoms with Gasteiger partial charge in [0.25, 0.3) is 0 Å². The topological polar surface area (TPSA) is 78.4 Å². The van der Waals surface area contributed by atoms with E-state index in [1.165, 1.54) is 20.0 Å². The summed E-state index contributed by atoms with van der Waals surface area (Å²) in [4.78, 5) is 22.5. The molecule has 0 aromatic heterocycles. The van der Waals surface area contributed by atoms with Crippen molar-refractivity contribution in [1.82, 2.24) is 10.6 Å². The second-order valence-corrected chi connectivity index (χ2v) is 3.57. The first kappa shape index (κ1) is 12.8. The average Bonchev–Trinajstić information content (AvgIpc) is 2.29. The smallest absolute Gasteiger partial charge is 0.242 e. The molecule has 0 aliphatic rings. The zero-order valence-electron chi connectivity index (χ0n) is 9.70. The molecule has 0 spiro atoms. The maximum Gasteiger partial charge on any atom is 0.242 e. The Hall–Kier alpha value is -2.22. The van der Waals surface area contributed by atoms with Crippen LogP contribution < -0.4 is 10.6 Å². The van der Waals surface area contributed by atoms with Crippen LogP contribution in [0.3, 0.4) is 0 Å². The lowest BCUT2D eigenvalue weighted by Crippen LogP contribution is -2.46. The number of rotatable bonds is 4. The highest BCUT2D eigenvalue weighted by Gasteiger charge is 2.18. The van der Waals surface area contributed by atoms with Crippen molar-refractivity contribution in [3.63, 3.8) is 0 Å². The molecule has 5 nitrogen and oxygen atoms in total. The summed E-state index contributed by atoms with van der Waals surface area (Å²) in [6.07, 6.45) is 0.302. The van der Waals surface area contributed by atoms with Gasteiger partial charge in [0.05, 0.1) is 0 Å². The van der Waals surface area contributed by atoms with Crippen LogP contribution in [0.5, 0.6) is 5.75 Å². The minimum absolute atomic E-state index is 0.00947. The van der Waals surface area contributed by atoms with Crippen molar-refractivity contribution in [3.8, 4) is 5.75 Å². The van der Waals surface area contributed by atoms with Crippen molar-refractivity contribution in [3.05, 3.63) is 29.8 Å². The molecular formula is C12H14N2O3. The minimum Gasteiger partial charge on any atom is -0.501 e. The number of aromatic hydroxyl groups is 1. The highest BCUT2D eigenvalue weighted by Crippen LogP contribution is 2.06. The largest absolute Gasteiger partial charge is 0.501 e. The van der Waals surface area contributed by atoms with E-state index in [1.807, 2.05) is 0 Å². The first-order valence-electron chi connectivity index (χ1n) is 5.13. The summed E-state index contributed by atoms with van der Waals surface area (Å²) in [5, 5.41) is 14.1. The fourth-order valence-electron chi connectivity index (χ4n) is 1.38. The predicted molar refractivity (Wildman–Crippen MR) is 61.2 cm³/mol. The van der Waals surface area contributed by atoms with Crippen LogP contribution in [-0.4, -0.2) is 30.0 Å². The Morgan fingerprint density at radius 3 is 2.59 bits per heavy atom. The van der Waals surface area contributed by atoms with Crippen LogP contribution in [0.2, 0.25) is 0 Å². The molecule has 1 atom stereocenters. The molecule has 2 amide bonds. The van der Waals surface area contributed by atoms with Gasteiger partial charge in [-0.1, -0.05) is 6.07 Å².